The van der Waals surface area contributed by atoms with Gasteiger partial charge in [-0.15, -0.1) is 0 Å². The number of halogens is 1. The zero-order valence-electron chi connectivity index (χ0n) is 8.91. The lowest BCUT2D eigenvalue weighted by Gasteiger charge is -2.07. The van der Waals surface area contributed by atoms with E-state index >= 15 is 0 Å². The van der Waals surface area contributed by atoms with Gasteiger partial charge in [0.1, 0.15) is 5.75 Å². The van der Waals surface area contributed by atoms with E-state index in [9.17, 15) is 0 Å². The molecule has 2 aromatic carbocycles. The van der Waals surface area contributed by atoms with Crippen molar-refractivity contribution in [2.24, 2.45) is 0 Å². The Morgan fingerprint density at radius 1 is 1.06 bits per heavy atom. The number of ether oxygens (including phenoxy) is 1. The standard InChI is InChI=1S/C13H12ClNO/c1-16-13-8-10(5-6-12(13)15)9-3-2-4-11(14)7-9/h2-8H,15H2,1H3. The van der Waals surface area contributed by atoms with E-state index in [0.29, 0.717) is 16.5 Å². The van der Waals surface area contributed by atoms with Crippen molar-refractivity contribution in [1.29, 1.82) is 0 Å². The zero-order valence-corrected chi connectivity index (χ0v) is 9.66. The van der Waals surface area contributed by atoms with Crippen LogP contribution in [0.1, 0.15) is 0 Å². The van der Waals surface area contributed by atoms with E-state index in [4.69, 9.17) is 22.1 Å². The largest absolute Gasteiger partial charge is 0.495 e. The third-order valence-electron chi connectivity index (χ3n) is 2.39. The van der Waals surface area contributed by atoms with E-state index in [1.807, 2.05) is 42.5 Å². The summed E-state index contributed by atoms with van der Waals surface area (Å²) in [6.07, 6.45) is 0. The minimum absolute atomic E-state index is 0.633. The molecule has 2 rings (SSSR count). The van der Waals surface area contributed by atoms with Gasteiger partial charge in [0.25, 0.3) is 0 Å². The molecule has 0 aliphatic heterocycles. The van der Waals surface area contributed by atoms with Crippen molar-refractivity contribution >= 4 is 17.3 Å². The molecule has 0 saturated carbocycles. The highest BCUT2D eigenvalue weighted by atomic mass is 35.5. The van der Waals surface area contributed by atoms with Crippen LogP contribution in [0.25, 0.3) is 11.1 Å². The Bertz CT molecular complexity index is 511. The van der Waals surface area contributed by atoms with Crippen LogP contribution in [-0.4, -0.2) is 7.11 Å². The molecule has 0 saturated heterocycles. The molecule has 3 heteroatoms. The van der Waals surface area contributed by atoms with Gasteiger partial charge in [-0.2, -0.15) is 0 Å². The van der Waals surface area contributed by atoms with E-state index < -0.39 is 0 Å². The van der Waals surface area contributed by atoms with Crippen LogP contribution in [0.5, 0.6) is 5.75 Å². The Labute approximate surface area is 99.6 Å². The number of hydrogen-bond donors (Lipinski definition) is 1. The summed E-state index contributed by atoms with van der Waals surface area (Å²) in [5, 5.41) is 0.716. The predicted molar refractivity (Wildman–Crippen MR) is 67.9 cm³/mol. The molecule has 0 bridgehead atoms. The third-order valence-corrected chi connectivity index (χ3v) is 2.63. The molecule has 0 aliphatic rings. The van der Waals surface area contributed by atoms with Crippen LogP contribution in [0.3, 0.4) is 0 Å². The lowest BCUT2D eigenvalue weighted by molar-refractivity contribution is 0.417. The van der Waals surface area contributed by atoms with Crippen LogP contribution in [0.4, 0.5) is 5.69 Å². The Morgan fingerprint density at radius 2 is 1.81 bits per heavy atom. The van der Waals surface area contributed by atoms with Gasteiger partial charge in [0.05, 0.1) is 12.8 Å². The number of methoxy groups -OCH3 is 1. The van der Waals surface area contributed by atoms with E-state index in [2.05, 4.69) is 0 Å². The second-order valence-corrected chi connectivity index (χ2v) is 3.90. The van der Waals surface area contributed by atoms with Crippen molar-refractivity contribution in [3.63, 3.8) is 0 Å². The van der Waals surface area contributed by atoms with E-state index in [0.717, 1.165) is 11.1 Å². The molecule has 0 amide bonds. The van der Waals surface area contributed by atoms with E-state index in [1.54, 1.807) is 7.11 Å². The fourth-order valence-corrected chi connectivity index (χ4v) is 1.75. The van der Waals surface area contributed by atoms with Crippen LogP contribution in [0.2, 0.25) is 5.02 Å². The number of rotatable bonds is 2. The zero-order chi connectivity index (χ0) is 11.5. The van der Waals surface area contributed by atoms with E-state index in [-0.39, 0.29) is 0 Å². The topological polar surface area (TPSA) is 35.2 Å². The average molecular weight is 234 g/mol. The van der Waals surface area contributed by atoms with Gasteiger partial charge in [-0.1, -0.05) is 29.8 Å². The van der Waals surface area contributed by atoms with Gasteiger partial charge in [-0.3, -0.25) is 0 Å². The maximum Gasteiger partial charge on any atom is 0.142 e. The maximum absolute atomic E-state index is 5.94. The second-order valence-electron chi connectivity index (χ2n) is 3.47. The number of nitrogens with two attached hydrogens (primary N) is 1. The Hall–Kier alpha value is -1.67. The predicted octanol–water partition coefficient (Wildman–Crippen LogP) is 3.60. The summed E-state index contributed by atoms with van der Waals surface area (Å²) in [6, 6.07) is 13.4. The molecule has 82 valence electrons. The fourth-order valence-electron chi connectivity index (χ4n) is 1.56. The molecule has 0 heterocycles. The lowest BCUT2D eigenvalue weighted by atomic mass is 10.1. The number of benzene rings is 2. The highest BCUT2D eigenvalue weighted by molar-refractivity contribution is 6.30. The summed E-state index contributed by atoms with van der Waals surface area (Å²) >= 11 is 5.94. The van der Waals surface area contributed by atoms with Crippen LogP contribution in [0, 0.1) is 0 Å². The number of anilines is 1. The van der Waals surface area contributed by atoms with Crippen molar-refractivity contribution in [2.75, 3.05) is 12.8 Å². The second kappa shape index (κ2) is 4.45. The van der Waals surface area contributed by atoms with Gasteiger partial charge in [-0.05, 0) is 35.4 Å². The highest BCUT2D eigenvalue weighted by Crippen LogP contribution is 2.29. The van der Waals surface area contributed by atoms with Crippen LogP contribution < -0.4 is 10.5 Å². The van der Waals surface area contributed by atoms with Crippen molar-refractivity contribution < 1.29 is 4.74 Å². The van der Waals surface area contributed by atoms with Crippen LogP contribution >= 0.6 is 11.6 Å². The van der Waals surface area contributed by atoms with Gasteiger partial charge in [0.2, 0.25) is 0 Å². The molecule has 16 heavy (non-hydrogen) atoms. The summed E-state index contributed by atoms with van der Waals surface area (Å²) in [4.78, 5) is 0. The Balaban J connectivity index is 2.48. The first-order valence-corrected chi connectivity index (χ1v) is 5.28. The number of nitrogen functional groups attached to an aromatic ring is 1. The van der Waals surface area contributed by atoms with Gasteiger partial charge in [0.15, 0.2) is 0 Å². The molecule has 0 aromatic heterocycles. The molecule has 2 N–H and O–H groups in total. The molecule has 0 fully saturated rings. The maximum atomic E-state index is 5.94. The minimum atomic E-state index is 0.633. The first-order valence-electron chi connectivity index (χ1n) is 4.90. The molecule has 0 unspecified atom stereocenters. The summed E-state index contributed by atoms with van der Waals surface area (Å²) in [5.41, 5.74) is 8.47. The Kier molecular flexibility index (Phi) is 3.02. The average Bonchev–Trinajstić information content (AvgIpc) is 2.29. The highest BCUT2D eigenvalue weighted by Gasteiger charge is 2.03. The molecule has 2 nitrogen and oxygen atoms in total. The third kappa shape index (κ3) is 2.12. The van der Waals surface area contributed by atoms with E-state index in [1.165, 1.54) is 0 Å². The summed E-state index contributed by atoms with van der Waals surface area (Å²) in [5.74, 6) is 0.678. The monoisotopic (exact) mass is 233 g/mol. The summed E-state index contributed by atoms with van der Waals surface area (Å²) < 4.78 is 5.18. The quantitative estimate of drug-likeness (QED) is 0.805. The first-order chi connectivity index (χ1) is 7.70. The van der Waals surface area contributed by atoms with Crippen molar-refractivity contribution in [2.45, 2.75) is 0 Å². The van der Waals surface area contributed by atoms with Gasteiger partial charge in [0, 0.05) is 5.02 Å². The molecule has 0 spiro atoms. The molecule has 0 atom stereocenters. The smallest absolute Gasteiger partial charge is 0.142 e. The molecule has 2 aromatic rings. The molecular weight excluding hydrogens is 222 g/mol. The van der Waals surface area contributed by atoms with Crippen LogP contribution in [0.15, 0.2) is 42.5 Å². The fraction of sp³-hybridized carbons (Fsp3) is 0.0769. The SMILES string of the molecule is COc1cc(-c2cccc(Cl)c2)ccc1N. The summed E-state index contributed by atoms with van der Waals surface area (Å²) in [7, 11) is 1.60. The summed E-state index contributed by atoms with van der Waals surface area (Å²) in [6.45, 7) is 0. The van der Waals surface area contributed by atoms with Gasteiger partial charge in [-0.25, -0.2) is 0 Å². The normalized spacial score (nSPS) is 10.1. The molecule has 0 radical (unpaired) electrons. The lowest BCUT2D eigenvalue weighted by Crippen LogP contribution is -1.92. The first kappa shape index (κ1) is 10.8. The Morgan fingerprint density at radius 3 is 2.50 bits per heavy atom. The van der Waals surface area contributed by atoms with Crippen molar-refractivity contribution in [3.05, 3.63) is 47.5 Å². The number of hydrogen-bond acceptors (Lipinski definition) is 2. The van der Waals surface area contributed by atoms with Crippen molar-refractivity contribution in [1.82, 2.24) is 0 Å². The van der Waals surface area contributed by atoms with Crippen LogP contribution in [-0.2, 0) is 0 Å². The van der Waals surface area contributed by atoms with Crippen molar-refractivity contribution in [3.8, 4) is 16.9 Å². The van der Waals surface area contributed by atoms with Gasteiger partial charge >= 0.3 is 0 Å². The minimum Gasteiger partial charge on any atom is -0.495 e. The molecule has 0 aliphatic carbocycles. The molecular formula is C13H12ClNO. The van der Waals surface area contributed by atoms with Gasteiger partial charge < -0.3 is 10.5 Å².